The molecule has 0 saturated carbocycles. The Labute approximate surface area is 157 Å². The topological polar surface area (TPSA) is 85.2 Å². The van der Waals surface area contributed by atoms with Gasteiger partial charge < -0.3 is 10.1 Å². The standard InChI is InChI=1S/C17H23ClN6O2/c18-15-3-1-2-14(12-15)4-6-19-17(25)5-7-24-16(20-21-22-24)13-23-8-10-26-11-9-23/h1-3,12H,4-11,13H2,(H,19,25). The highest BCUT2D eigenvalue weighted by atomic mass is 35.5. The van der Waals surface area contributed by atoms with Crippen LogP contribution in [0.1, 0.15) is 17.8 Å². The molecule has 2 aromatic rings. The van der Waals surface area contributed by atoms with E-state index in [0.29, 0.717) is 31.1 Å². The Morgan fingerprint density at radius 3 is 2.96 bits per heavy atom. The van der Waals surface area contributed by atoms with E-state index in [9.17, 15) is 4.79 Å². The molecule has 1 aliphatic heterocycles. The van der Waals surface area contributed by atoms with E-state index in [-0.39, 0.29) is 5.91 Å². The Morgan fingerprint density at radius 2 is 2.15 bits per heavy atom. The number of nitrogens with one attached hydrogen (secondary N) is 1. The van der Waals surface area contributed by atoms with Crippen molar-refractivity contribution in [3.8, 4) is 0 Å². The lowest BCUT2D eigenvalue weighted by Gasteiger charge is -2.25. The Kier molecular flexibility index (Phi) is 6.93. The molecule has 140 valence electrons. The predicted molar refractivity (Wildman–Crippen MR) is 96.7 cm³/mol. The van der Waals surface area contributed by atoms with Gasteiger partial charge in [0.05, 0.1) is 26.3 Å². The molecule has 1 aromatic heterocycles. The zero-order chi connectivity index (χ0) is 18.2. The molecule has 0 aliphatic carbocycles. The number of tetrazole rings is 1. The maximum Gasteiger partial charge on any atom is 0.221 e. The zero-order valence-corrected chi connectivity index (χ0v) is 15.4. The van der Waals surface area contributed by atoms with E-state index in [1.165, 1.54) is 0 Å². The molecule has 3 rings (SSSR count). The summed E-state index contributed by atoms with van der Waals surface area (Å²) in [5, 5.41) is 15.4. The minimum absolute atomic E-state index is 0.0140. The second kappa shape index (κ2) is 9.61. The van der Waals surface area contributed by atoms with E-state index in [4.69, 9.17) is 16.3 Å². The maximum absolute atomic E-state index is 12.1. The monoisotopic (exact) mass is 378 g/mol. The van der Waals surface area contributed by atoms with Crippen molar-refractivity contribution in [2.45, 2.75) is 25.9 Å². The summed E-state index contributed by atoms with van der Waals surface area (Å²) in [7, 11) is 0. The average molecular weight is 379 g/mol. The molecular weight excluding hydrogens is 356 g/mol. The van der Waals surface area contributed by atoms with Gasteiger partial charge in [-0.25, -0.2) is 4.68 Å². The van der Waals surface area contributed by atoms with E-state index >= 15 is 0 Å². The summed E-state index contributed by atoms with van der Waals surface area (Å²) in [6.45, 7) is 4.93. The van der Waals surface area contributed by atoms with Crippen molar-refractivity contribution in [1.29, 1.82) is 0 Å². The summed E-state index contributed by atoms with van der Waals surface area (Å²) in [6, 6.07) is 7.65. The van der Waals surface area contributed by atoms with Crippen LogP contribution in [-0.4, -0.2) is 63.9 Å². The number of aryl methyl sites for hydroxylation is 1. The van der Waals surface area contributed by atoms with E-state index in [1.807, 2.05) is 24.3 Å². The number of carbonyl (C=O) groups excluding carboxylic acids is 1. The van der Waals surface area contributed by atoms with Crippen LogP contribution in [0.3, 0.4) is 0 Å². The van der Waals surface area contributed by atoms with Crippen LogP contribution < -0.4 is 5.32 Å². The highest BCUT2D eigenvalue weighted by Gasteiger charge is 2.15. The van der Waals surface area contributed by atoms with Gasteiger partial charge in [0.15, 0.2) is 5.82 Å². The summed E-state index contributed by atoms with van der Waals surface area (Å²) in [4.78, 5) is 14.3. The smallest absolute Gasteiger partial charge is 0.221 e. The quantitative estimate of drug-likeness (QED) is 0.734. The Bertz CT molecular complexity index is 717. The molecule has 9 heteroatoms. The van der Waals surface area contributed by atoms with E-state index < -0.39 is 0 Å². The third-order valence-electron chi connectivity index (χ3n) is 4.25. The van der Waals surface area contributed by atoms with Gasteiger partial charge in [-0.3, -0.25) is 9.69 Å². The second-order valence-electron chi connectivity index (χ2n) is 6.19. The van der Waals surface area contributed by atoms with Crippen LogP contribution in [0.15, 0.2) is 24.3 Å². The number of morpholine rings is 1. The van der Waals surface area contributed by atoms with Crippen LogP contribution in [0.2, 0.25) is 5.02 Å². The Balaban J connectivity index is 1.39. The average Bonchev–Trinajstić information content (AvgIpc) is 3.08. The normalized spacial score (nSPS) is 15.1. The van der Waals surface area contributed by atoms with Crippen molar-refractivity contribution >= 4 is 17.5 Å². The van der Waals surface area contributed by atoms with Crippen molar-refractivity contribution in [2.75, 3.05) is 32.8 Å². The maximum atomic E-state index is 12.1. The minimum Gasteiger partial charge on any atom is -0.379 e. The lowest BCUT2D eigenvalue weighted by Crippen LogP contribution is -2.36. The van der Waals surface area contributed by atoms with Gasteiger partial charge in [-0.05, 0) is 34.5 Å². The SMILES string of the molecule is O=C(CCn1nnnc1CN1CCOCC1)NCCc1cccc(Cl)c1. The second-order valence-corrected chi connectivity index (χ2v) is 6.62. The van der Waals surface area contributed by atoms with Crippen molar-refractivity contribution in [3.05, 3.63) is 40.7 Å². The van der Waals surface area contributed by atoms with Crippen LogP contribution in [-0.2, 0) is 29.0 Å². The van der Waals surface area contributed by atoms with Gasteiger partial charge in [-0.2, -0.15) is 0 Å². The first-order chi connectivity index (χ1) is 12.7. The van der Waals surface area contributed by atoms with Crippen molar-refractivity contribution < 1.29 is 9.53 Å². The lowest BCUT2D eigenvalue weighted by atomic mass is 10.1. The first-order valence-corrected chi connectivity index (χ1v) is 9.15. The van der Waals surface area contributed by atoms with Crippen molar-refractivity contribution in [3.63, 3.8) is 0 Å². The fourth-order valence-electron chi connectivity index (χ4n) is 2.80. The molecule has 0 radical (unpaired) electrons. The molecule has 8 nitrogen and oxygen atoms in total. The summed E-state index contributed by atoms with van der Waals surface area (Å²) >= 11 is 5.96. The Morgan fingerprint density at radius 1 is 1.31 bits per heavy atom. The molecule has 26 heavy (non-hydrogen) atoms. The van der Waals surface area contributed by atoms with E-state index in [0.717, 1.165) is 44.1 Å². The molecule has 2 heterocycles. The van der Waals surface area contributed by atoms with Crippen LogP contribution in [0.5, 0.6) is 0 Å². The summed E-state index contributed by atoms with van der Waals surface area (Å²) in [5.41, 5.74) is 1.10. The van der Waals surface area contributed by atoms with Crippen LogP contribution >= 0.6 is 11.6 Å². The summed E-state index contributed by atoms with van der Waals surface area (Å²) in [6.07, 6.45) is 1.09. The molecule has 1 aromatic carbocycles. The molecule has 0 unspecified atom stereocenters. The molecule has 0 atom stereocenters. The Hall–Kier alpha value is -2.03. The van der Waals surface area contributed by atoms with Gasteiger partial charge in [-0.1, -0.05) is 23.7 Å². The molecule has 1 amide bonds. The largest absolute Gasteiger partial charge is 0.379 e. The van der Waals surface area contributed by atoms with Gasteiger partial charge in [0.25, 0.3) is 0 Å². The van der Waals surface area contributed by atoms with Crippen molar-refractivity contribution in [2.24, 2.45) is 0 Å². The number of rotatable bonds is 8. The number of benzene rings is 1. The van der Waals surface area contributed by atoms with E-state index in [2.05, 4.69) is 25.7 Å². The van der Waals surface area contributed by atoms with Crippen molar-refractivity contribution in [1.82, 2.24) is 30.4 Å². The van der Waals surface area contributed by atoms with E-state index in [1.54, 1.807) is 4.68 Å². The number of hydrogen-bond acceptors (Lipinski definition) is 6. The number of halogens is 1. The van der Waals surface area contributed by atoms with Crippen LogP contribution in [0, 0.1) is 0 Å². The fraction of sp³-hybridized carbons (Fsp3) is 0.529. The molecule has 0 spiro atoms. The van der Waals surface area contributed by atoms with Crippen LogP contribution in [0.4, 0.5) is 0 Å². The fourth-order valence-corrected chi connectivity index (χ4v) is 3.02. The van der Waals surface area contributed by atoms with Gasteiger partial charge >= 0.3 is 0 Å². The minimum atomic E-state index is -0.0140. The molecule has 1 N–H and O–H groups in total. The molecule has 1 fully saturated rings. The summed E-state index contributed by atoms with van der Waals surface area (Å²) in [5.74, 6) is 0.762. The molecular formula is C17H23ClN6O2. The third kappa shape index (κ3) is 5.76. The van der Waals surface area contributed by atoms with Gasteiger partial charge in [-0.15, -0.1) is 5.10 Å². The zero-order valence-electron chi connectivity index (χ0n) is 14.6. The number of nitrogens with zero attached hydrogens (tertiary/aromatic N) is 5. The van der Waals surface area contributed by atoms with Gasteiger partial charge in [0, 0.05) is 31.1 Å². The predicted octanol–water partition coefficient (Wildman–Crippen LogP) is 0.908. The number of aromatic nitrogens is 4. The first-order valence-electron chi connectivity index (χ1n) is 8.77. The van der Waals surface area contributed by atoms with Crippen LogP contribution in [0.25, 0.3) is 0 Å². The molecule has 1 saturated heterocycles. The van der Waals surface area contributed by atoms with Gasteiger partial charge in [0.2, 0.25) is 5.91 Å². The van der Waals surface area contributed by atoms with Gasteiger partial charge in [0.1, 0.15) is 0 Å². The first kappa shape index (κ1) is 18.8. The lowest BCUT2D eigenvalue weighted by molar-refractivity contribution is -0.121. The number of ether oxygens (including phenoxy) is 1. The highest BCUT2D eigenvalue weighted by molar-refractivity contribution is 6.30. The highest BCUT2D eigenvalue weighted by Crippen LogP contribution is 2.10. The molecule has 1 aliphatic rings. The summed E-state index contributed by atoms with van der Waals surface area (Å²) < 4.78 is 7.04. The third-order valence-corrected chi connectivity index (χ3v) is 4.49. The number of amides is 1. The molecule has 0 bridgehead atoms. The number of hydrogen-bond donors (Lipinski definition) is 1. The number of carbonyl (C=O) groups is 1.